The van der Waals surface area contributed by atoms with Crippen LogP contribution in [0.15, 0.2) is 37.1 Å². The van der Waals surface area contributed by atoms with Crippen LogP contribution < -0.4 is 5.69 Å². The van der Waals surface area contributed by atoms with E-state index >= 15 is 0 Å². The van der Waals surface area contributed by atoms with Crippen LogP contribution in [0, 0.1) is 6.92 Å². The van der Waals surface area contributed by atoms with E-state index < -0.39 is 10.0 Å². The van der Waals surface area contributed by atoms with E-state index in [1.165, 1.54) is 13.4 Å². The van der Waals surface area contributed by atoms with Gasteiger partial charge in [-0.15, -0.1) is 0 Å². The molecule has 8 nitrogen and oxygen atoms in total. The molecule has 0 unspecified atom stereocenters. The third-order valence-corrected chi connectivity index (χ3v) is 7.75. The van der Waals surface area contributed by atoms with Gasteiger partial charge in [-0.2, -0.15) is 4.31 Å². The molecule has 0 spiro atoms. The van der Waals surface area contributed by atoms with Gasteiger partial charge in [-0.25, -0.2) is 13.2 Å². The van der Waals surface area contributed by atoms with E-state index in [0.29, 0.717) is 28.6 Å². The van der Waals surface area contributed by atoms with Crippen LogP contribution in [0.3, 0.4) is 0 Å². The van der Waals surface area contributed by atoms with E-state index in [-0.39, 0.29) is 16.5 Å². The monoisotopic (exact) mass is 440 g/mol. The van der Waals surface area contributed by atoms with Crippen LogP contribution >= 0.6 is 15.9 Å². The van der Waals surface area contributed by atoms with Crippen molar-refractivity contribution in [2.75, 3.05) is 13.1 Å². The highest BCUT2D eigenvalue weighted by molar-refractivity contribution is 9.10. The number of imidazole rings is 1. The standard InChI is InChI=1S/C16H17BrN4O4S/c1-9-8-25-18-15(9)10-6-21(7-10)26(23,24)14-5-13-12(4-11(14)17)19(2)16(22)20(13)3/h4-5,8,10H,6-7H2,1-3H3. The van der Waals surface area contributed by atoms with Gasteiger partial charge in [0.05, 0.1) is 21.6 Å². The van der Waals surface area contributed by atoms with Crippen LogP contribution in [0.1, 0.15) is 17.2 Å². The molecular formula is C16H17BrN4O4S. The molecule has 1 aromatic carbocycles. The third kappa shape index (κ3) is 2.39. The lowest BCUT2D eigenvalue weighted by Gasteiger charge is -2.37. The molecule has 1 saturated heterocycles. The summed E-state index contributed by atoms with van der Waals surface area (Å²) >= 11 is 3.35. The molecule has 138 valence electrons. The molecule has 0 N–H and O–H groups in total. The van der Waals surface area contributed by atoms with Crippen LogP contribution in [-0.4, -0.2) is 40.1 Å². The number of aryl methyl sites for hydroxylation is 3. The maximum atomic E-state index is 13.0. The zero-order valence-electron chi connectivity index (χ0n) is 14.4. The van der Waals surface area contributed by atoms with Gasteiger partial charge in [0.25, 0.3) is 0 Å². The first-order chi connectivity index (χ1) is 12.2. The number of rotatable bonds is 3. The Morgan fingerprint density at radius 1 is 1.19 bits per heavy atom. The summed E-state index contributed by atoms with van der Waals surface area (Å²) in [4.78, 5) is 12.3. The van der Waals surface area contributed by atoms with Crippen molar-refractivity contribution in [2.45, 2.75) is 17.7 Å². The van der Waals surface area contributed by atoms with Crippen molar-refractivity contribution in [1.82, 2.24) is 18.6 Å². The average molecular weight is 441 g/mol. The molecule has 26 heavy (non-hydrogen) atoms. The number of hydrogen-bond acceptors (Lipinski definition) is 5. The first kappa shape index (κ1) is 17.5. The van der Waals surface area contributed by atoms with Crippen molar-refractivity contribution < 1.29 is 12.9 Å². The summed E-state index contributed by atoms with van der Waals surface area (Å²) in [7, 11) is -0.393. The van der Waals surface area contributed by atoms with E-state index in [1.54, 1.807) is 32.5 Å². The van der Waals surface area contributed by atoms with Gasteiger partial charge in [0.15, 0.2) is 0 Å². The number of hydrogen-bond donors (Lipinski definition) is 0. The van der Waals surface area contributed by atoms with E-state index in [2.05, 4.69) is 21.1 Å². The second-order valence-electron chi connectivity index (χ2n) is 6.57. The Morgan fingerprint density at radius 2 is 1.81 bits per heavy atom. The van der Waals surface area contributed by atoms with Crippen LogP contribution in [0.5, 0.6) is 0 Å². The number of fused-ring (bicyclic) bond motifs is 1. The zero-order valence-corrected chi connectivity index (χ0v) is 16.8. The van der Waals surface area contributed by atoms with Crippen molar-refractivity contribution in [3.05, 3.63) is 44.6 Å². The Labute approximate surface area is 158 Å². The molecule has 2 aromatic heterocycles. The van der Waals surface area contributed by atoms with Crippen LogP contribution in [0.2, 0.25) is 0 Å². The summed E-state index contributed by atoms with van der Waals surface area (Å²) in [6.45, 7) is 2.60. The Morgan fingerprint density at radius 3 is 2.38 bits per heavy atom. The number of halogens is 1. The predicted molar refractivity (Wildman–Crippen MR) is 98.6 cm³/mol. The fourth-order valence-corrected chi connectivity index (χ4v) is 5.88. The molecule has 0 saturated carbocycles. The molecular weight excluding hydrogens is 424 g/mol. The number of nitrogens with zero attached hydrogens (tertiary/aromatic N) is 4. The highest BCUT2D eigenvalue weighted by Gasteiger charge is 2.40. The lowest BCUT2D eigenvalue weighted by molar-refractivity contribution is 0.252. The Hall–Kier alpha value is -1.91. The molecule has 4 rings (SSSR count). The molecule has 1 aliphatic rings. The Bertz CT molecular complexity index is 1190. The Balaban J connectivity index is 1.71. The van der Waals surface area contributed by atoms with Crippen molar-refractivity contribution in [3.63, 3.8) is 0 Å². The fourth-order valence-electron chi connectivity index (χ4n) is 3.34. The molecule has 1 fully saturated rings. The minimum Gasteiger partial charge on any atom is -0.364 e. The molecule has 0 aliphatic carbocycles. The summed E-state index contributed by atoms with van der Waals surface area (Å²) in [6, 6.07) is 3.22. The van der Waals surface area contributed by atoms with Crippen LogP contribution in [0.4, 0.5) is 0 Å². The number of sulfonamides is 1. The summed E-state index contributed by atoms with van der Waals surface area (Å²) in [5.41, 5.74) is 2.77. The van der Waals surface area contributed by atoms with Crippen molar-refractivity contribution in [1.29, 1.82) is 0 Å². The lowest BCUT2D eigenvalue weighted by Crippen LogP contribution is -2.48. The zero-order chi connectivity index (χ0) is 18.8. The normalized spacial score (nSPS) is 16.3. The topological polar surface area (TPSA) is 90.3 Å². The maximum Gasteiger partial charge on any atom is 0.328 e. The minimum atomic E-state index is -3.68. The Kier molecular flexibility index (Phi) is 3.90. The minimum absolute atomic E-state index is 0.0344. The van der Waals surface area contributed by atoms with Crippen molar-refractivity contribution in [2.24, 2.45) is 14.1 Å². The SMILES string of the molecule is Cc1conc1C1CN(S(=O)(=O)c2cc3c(cc2Br)n(C)c(=O)n3C)C1. The smallest absolute Gasteiger partial charge is 0.328 e. The van der Waals surface area contributed by atoms with Crippen LogP contribution in [0.25, 0.3) is 11.0 Å². The first-order valence-electron chi connectivity index (χ1n) is 7.97. The highest BCUT2D eigenvalue weighted by atomic mass is 79.9. The van der Waals surface area contributed by atoms with Crippen molar-refractivity contribution in [3.8, 4) is 0 Å². The lowest BCUT2D eigenvalue weighted by atomic mass is 9.97. The van der Waals surface area contributed by atoms with Gasteiger partial charge >= 0.3 is 5.69 Å². The quantitative estimate of drug-likeness (QED) is 0.618. The summed E-state index contributed by atoms with van der Waals surface area (Å²) in [5.74, 6) is 0.0344. The molecule has 3 heterocycles. The van der Waals surface area contributed by atoms with Gasteiger partial charge in [-0.3, -0.25) is 9.13 Å². The summed E-state index contributed by atoms with van der Waals surface area (Å²) in [6.07, 6.45) is 1.56. The van der Waals surface area contributed by atoms with Gasteiger partial charge in [-0.05, 0) is 35.0 Å². The average Bonchev–Trinajstić information content (AvgIpc) is 3.04. The highest BCUT2D eigenvalue weighted by Crippen LogP contribution is 2.36. The first-order valence-corrected chi connectivity index (χ1v) is 10.2. The van der Waals surface area contributed by atoms with Gasteiger partial charge in [0.1, 0.15) is 6.26 Å². The molecule has 0 radical (unpaired) electrons. The largest absolute Gasteiger partial charge is 0.364 e. The van der Waals surface area contributed by atoms with E-state index in [0.717, 1.165) is 11.3 Å². The van der Waals surface area contributed by atoms with E-state index in [4.69, 9.17) is 4.52 Å². The van der Waals surface area contributed by atoms with Gasteiger partial charge < -0.3 is 4.52 Å². The molecule has 0 amide bonds. The summed E-state index contributed by atoms with van der Waals surface area (Å²) in [5, 5.41) is 3.96. The van der Waals surface area contributed by atoms with E-state index in [9.17, 15) is 13.2 Å². The van der Waals surface area contributed by atoms with Gasteiger partial charge in [0.2, 0.25) is 10.0 Å². The maximum absolute atomic E-state index is 13.0. The van der Waals surface area contributed by atoms with Crippen LogP contribution in [-0.2, 0) is 24.1 Å². The van der Waals surface area contributed by atoms with Gasteiger partial charge in [-0.1, -0.05) is 5.16 Å². The third-order valence-electron chi connectivity index (χ3n) is 4.96. The molecule has 3 aromatic rings. The molecule has 0 atom stereocenters. The molecule has 10 heteroatoms. The molecule has 1 aliphatic heterocycles. The summed E-state index contributed by atoms with van der Waals surface area (Å²) < 4.78 is 35.8. The number of benzene rings is 1. The predicted octanol–water partition coefficient (Wildman–Crippen LogP) is 1.72. The second-order valence-corrected chi connectivity index (χ2v) is 9.33. The molecule has 0 bridgehead atoms. The second kappa shape index (κ2) is 5.80. The fraction of sp³-hybridized carbons (Fsp3) is 0.375. The number of aromatic nitrogens is 3. The van der Waals surface area contributed by atoms with E-state index in [1.807, 2.05) is 6.92 Å². The van der Waals surface area contributed by atoms with Crippen molar-refractivity contribution >= 4 is 37.0 Å². The van der Waals surface area contributed by atoms with Gasteiger partial charge in [0, 0.05) is 43.1 Å².